The van der Waals surface area contributed by atoms with Crippen LogP contribution in [0.2, 0.25) is 0 Å². The summed E-state index contributed by atoms with van der Waals surface area (Å²) < 4.78 is 0. The standard InChI is InChI=1S/C15H18N2/c1-12(2)15(3,13-8-4-6-10-16-13)14-9-5-7-11-17-14/h4-12H,1-3H3. The minimum absolute atomic E-state index is 0.136. The van der Waals surface area contributed by atoms with E-state index in [1.165, 1.54) is 0 Å². The summed E-state index contributed by atoms with van der Waals surface area (Å²) in [6.07, 6.45) is 3.69. The Labute approximate surface area is 103 Å². The molecule has 88 valence electrons. The van der Waals surface area contributed by atoms with Crippen LogP contribution in [-0.2, 0) is 5.41 Å². The zero-order valence-corrected chi connectivity index (χ0v) is 10.6. The van der Waals surface area contributed by atoms with Crippen molar-refractivity contribution in [2.75, 3.05) is 0 Å². The van der Waals surface area contributed by atoms with E-state index in [-0.39, 0.29) is 5.41 Å². The third kappa shape index (κ3) is 2.07. The van der Waals surface area contributed by atoms with E-state index in [9.17, 15) is 0 Å². The molecule has 0 atom stereocenters. The van der Waals surface area contributed by atoms with Gasteiger partial charge in [-0.1, -0.05) is 26.0 Å². The molecule has 0 aliphatic carbocycles. The van der Waals surface area contributed by atoms with Crippen molar-refractivity contribution >= 4 is 0 Å². The van der Waals surface area contributed by atoms with Gasteiger partial charge in [0.05, 0.1) is 16.8 Å². The third-order valence-corrected chi connectivity index (χ3v) is 3.55. The minimum Gasteiger partial charge on any atom is -0.260 e. The Morgan fingerprint density at radius 1 is 0.882 bits per heavy atom. The highest BCUT2D eigenvalue weighted by Crippen LogP contribution is 2.36. The molecule has 0 aliphatic heterocycles. The lowest BCUT2D eigenvalue weighted by Crippen LogP contribution is -2.32. The van der Waals surface area contributed by atoms with Gasteiger partial charge in [0, 0.05) is 12.4 Å². The smallest absolute Gasteiger partial charge is 0.0542 e. The van der Waals surface area contributed by atoms with Crippen LogP contribution in [-0.4, -0.2) is 9.97 Å². The van der Waals surface area contributed by atoms with Gasteiger partial charge in [-0.2, -0.15) is 0 Å². The minimum atomic E-state index is -0.136. The van der Waals surface area contributed by atoms with Gasteiger partial charge in [0.2, 0.25) is 0 Å². The quantitative estimate of drug-likeness (QED) is 0.801. The Bertz CT molecular complexity index is 423. The van der Waals surface area contributed by atoms with E-state index in [2.05, 4.69) is 42.9 Å². The molecule has 0 amide bonds. The molecule has 0 saturated carbocycles. The van der Waals surface area contributed by atoms with Crippen LogP contribution in [0.15, 0.2) is 48.8 Å². The molecular weight excluding hydrogens is 208 g/mol. The first kappa shape index (κ1) is 11.8. The Kier molecular flexibility index (Phi) is 3.23. The van der Waals surface area contributed by atoms with E-state index >= 15 is 0 Å². The third-order valence-electron chi connectivity index (χ3n) is 3.55. The van der Waals surface area contributed by atoms with Crippen molar-refractivity contribution in [2.45, 2.75) is 26.2 Å². The first-order valence-electron chi connectivity index (χ1n) is 5.98. The molecule has 2 aromatic rings. The summed E-state index contributed by atoms with van der Waals surface area (Å²) in [5.74, 6) is 0.437. The molecule has 17 heavy (non-hydrogen) atoms. The normalized spacial score (nSPS) is 11.8. The van der Waals surface area contributed by atoms with E-state index in [1.54, 1.807) is 0 Å². The maximum atomic E-state index is 4.51. The van der Waals surface area contributed by atoms with Crippen LogP contribution in [0, 0.1) is 5.92 Å². The van der Waals surface area contributed by atoms with E-state index in [1.807, 2.05) is 36.7 Å². The van der Waals surface area contributed by atoms with Crippen molar-refractivity contribution in [3.8, 4) is 0 Å². The second kappa shape index (κ2) is 4.66. The summed E-state index contributed by atoms with van der Waals surface area (Å²) in [6, 6.07) is 12.1. The predicted octanol–water partition coefficient (Wildman–Crippen LogP) is 3.44. The molecule has 0 bridgehead atoms. The maximum Gasteiger partial charge on any atom is 0.0542 e. The van der Waals surface area contributed by atoms with Gasteiger partial charge in [0.15, 0.2) is 0 Å². The molecular formula is C15H18N2. The lowest BCUT2D eigenvalue weighted by Gasteiger charge is -2.32. The fraction of sp³-hybridized carbons (Fsp3) is 0.333. The van der Waals surface area contributed by atoms with Crippen molar-refractivity contribution in [3.63, 3.8) is 0 Å². The van der Waals surface area contributed by atoms with Crippen molar-refractivity contribution in [1.29, 1.82) is 0 Å². The number of hydrogen-bond acceptors (Lipinski definition) is 2. The predicted molar refractivity (Wildman–Crippen MR) is 69.8 cm³/mol. The van der Waals surface area contributed by atoms with Gasteiger partial charge < -0.3 is 0 Å². The van der Waals surface area contributed by atoms with Gasteiger partial charge in [-0.25, -0.2) is 0 Å². The SMILES string of the molecule is CC(C)C(C)(c1ccccn1)c1ccccn1. The Morgan fingerprint density at radius 3 is 1.65 bits per heavy atom. The van der Waals surface area contributed by atoms with E-state index in [0.717, 1.165) is 11.4 Å². The summed E-state index contributed by atoms with van der Waals surface area (Å²) in [5.41, 5.74) is 2.02. The largest absolute Gasteiger partial charge is 0.260 e. The van der Waals surface area contributed by atoms with Crippen LogP contribution in [0.1, 0.15) is 32.2 Å². The second-order valence-electron chi connectivity index (χ2n) is 4.79. The highest BCUT2D eigenvalue weighted by molar-refractivity contribution is 5.30. The van der Waals surface area contributed by atoms with Crippen molar-refractivity contribution in [2.24, 2.45) is 5.92 Å². The molecule has 2 aromatic heterocycles. The molecule has 0 saturated heterocycles. The van der Waals surface area contributed by atoms with Crippen molar-refractivity contribution < 1.29 is 0 Å². The molecule has 0 N–H and O–H groups in total. The Balaban J connectivity index is 2.55. The summed E-state index contributed by atoms with van der Waals surface area (Å²) in [4.78, 5) is 9.02. The monoisotopic (exact) mass is 226 g/mol. The van der Waals surface area contributed by atoms with Gasteiger partial charge in [-0.05, 0) is 37.1 Å². The number of hydrogen-bond donors (Lipinski definition) is 0. The summed E-state index contributed by atoms with van der Waals surface area (Å²) >= 11 is 0. The van der Waals surface area contributed by atoms with Crippen LogP contribution >= 0.6 is 0 Å². The first-order valence-corrected chi connectivity index (χ1v) is 5.98. The van der Waals surface area contributed by atoms with Gasteiger partial charge in [0.1, 0.15) is 0 Å². The van der Waals surface area contributed by atoms with Crippen LogP contribution in [0.5, 0.6) is 0 Å². The number of nitrogens with zero attached hydrogens (tertiary/aromatic N) is 2. The molecule has 2 heterocycles. The number of aromatic nitrogens is 2. The molecule has 0 fully saturated rings. The average molecular weight is 226 g/mol. The van der Waals surface area contributed by atoms with Gasteiger partial charge in [-0.3, -0.25) is 9.97 Å². The molecule has 0 radical (unpaired) electrons. The molecule has 0 aliphatic rings. The molecule has 2 rings (SSSR count). The second-order valence-corrected chi connectivity index (χ2v) is 4.79. The van der Waals surface area contributed by atoms with Gasteiger partial charge >= 0.3 is 0 Å². The fourth-order valence-electron chi connectivity index (χ4n) is 2.06. The number of pyridine rings is 2. The highest BCUT2D eigenvalue weighted by Gasteiger charge is 2.34. The zero-order valence-electron chi connectivity index (χ0n) is 10.6. The first-order chi connectivity index (χ1) is 8.15. The van der Waals surface area contributed by atoms with Gasteiger partial charge in [0.25, 0.3) is 0 Å². The summed E-state index contributed by atoms with van der Waals surface area (Å²) in [5, 5.41) is 0. The van der Waals surface area contributed by atoms with Crippen molar-refractivity contribution in [3.05, 3.63) is 60.2 Å². The molecule has 0 spiro atoms. The fourth-order valence-corrected chi connectivity index (χ4v) is 2.06. The topological polar surface area (TPSA) is 25.8 Å². The molecule has 2 nitrogen and oxygen atoms in total. The van der Waals surface area contributed by atoms with Gasteiger partial charge in [-0.15, -0.1) is 0 Å². The number of rotatable bonds is 3. The molecule has 0 aromatic carbocycles. The molecule has 2 heteroatoms. The maximum absolute atomic E-state index is 4.51. The van der Waals surface area contributed by atoms with Crippen LogP contribution < -0.4 is 0 Å². The zero-order chi connectivity index (χ0) is 12.3. The lowest BCUT2D eigenvalue weighted by atomic mass is 9.73. The lowest BCUT2D eigenvalue weighted by molar-refractivity contribution is 0.385. The van der Waals surface area contributed by atoms with Crippen molar-refractivity contribution in [1.82, 2.24) is 9.97 Å². The average Bonchev–Trinajstić information content (AvgIpc) is 2.39. The van der Waals surface area contributed by atoms with E-state index in [0.29, 0.717) is 5.92 Å². The van der Waals surface area contributed by atoms with Crippen LogP contribution in [0.4, 0.5) is 0 Å². The van der Waals surface area contributed by atoms with Crippen LogP contribution in [0.3, 0.4) is 0 Å². The Morgan fingerprint density at radius 2 is 1.35 bits per heavy atom. The van der Waals surface area contributed by atoms with Crippen LogP contribution in [0.25, 0.3) is 0 Å². The van der Waals surface area contributed by atoms with E-state index in [4.69, 9.17) is 0 Å². The summed E-state index contributed by atoms with van der Waals surface area (Å²) in [6.45, 7) is 6.63. The van der Waals surface area contributed by atoms with E-state index < -0.39 is 0 Å². The summed E-state index contributed by atoms with van der Waals surface area (Å²) in [7, 11) is 0. The molecule has 0 unspecified atom stereocenters. The highest BCUT2D eigenvalue weighted by atomic mass is 14.8. The Hall–Kier alpha value is -1.70.